The van der Waals surface area contributed by atoms with Crippen molar-refractivity contribution in [2.45, 2.75) is 6.04 Å². The van der Waals surface area contributed by atoms with Crippen LogP contribution < -0.4 is 10.2 Å². The summed E-state index contributed by atoms with van der Waals surface area (Å²) >= 11 is 5.79. The molecule has 1 saturated heterocycles. The molecule has 1 unspecified atom stereocenters. The highest BCUT2D eigenvalue weighted by atomic mass is 35.5. The van der Waals surface area contributed by atoms with E-state index in [1.165, 1.54) is 6.20 Å². The van der Waals surface area contributed by atoms with Crippen LogP contribution in [0.3, 0.4) is 0 Å². The van der Waals surface area contributed by atoms with Crippen LogP contribution in [0.1, 0.15) is 0 Å². The van der Waals surface area contributed by atoms with E-state index in [1.54, 1.807) is 13.2 Å². The molecule has 0 saturated carbocycles. The van der Waals surface area contributed by atoms with Gasteiger partial charge in [-0.15, -0.1) is 0 Å². The number of nitrogens with zero attached hydrogens (tertiary/aromatic N) is 3. The highest BCUT2D eigenvalue weighted by Crippen LogP contribution is 2.18. The van der Waals surface area contributed by atoms with E-state index in [9.17, 15) is 4.79 Å². The van der Waals surface area contributed by atoms with Gasteiger partial charge in [-0.25, -0.2) is 4.98 Å². The first-order valence-corrected chi connectivity index (χ1v) is 5.63. The van der Waals surface area contributed by atoms with Crippen LogP contribution >= 0.6 is 11.6 Å². The van der Waals surface area contributed by atoms with Gasteiger partial charge in [-0.1, -0.05) is 11.6 Å². The largest absolute Gasteiger partial charge is 0.377 e. The van der Waals surface area contributed by atoms with Crippen LogP contribution in [-0.2, 0) is 9.53 Å². The molecule has 1 N–H and O–H groups in total. The highest BCUT2D eigenvalue weighted by molar-refractivity contribution is 6.29. The molecule has 2 rings (SSSR count). The number of morpholine rings is 1. The summed E-state index contributed by atoms with van der Waals surface area (Å²) in [5.41, 5.74) is 0. The molecule has 1 atom stereocenters. The molecule has 6 nitrogen and oxygen atoms in total. The van der Waals surface area contributed by atoms with Crippen LogP contribution in [-0.4, -0.2) is 48.7 Å². The number of rotatable bonds is 2. The summed E-state index contributed by atoms with van der Waals surface area (Å²) in [5, 5.41) is 2.92. The molecular formula is C10H13ClN4O2. The van der Waals surface area contributed by atoms with Crippen LogP contribution in [0.2, 0.25) is 5.15 Å². The molecule has 92 valence electrons. The Kier molecular flexibility index (Phi) is 3.75. The summed E-state index contributed by atoms with van der Waals surface area (Å²) in [6.45, 7) is 1.49. The van der Waals surface area contributed by atoms with E-state index in [1.807, 2.05) is 4.90 Å². The number of carbonyl (C=O) groups is 1. The molecular weight excluding hydrogens is 244 g/mol. The van der Waals surface area contributed by atoms with Crippen LogP contribution in [0.4, 0.5) is 5.82 Å². The molecule has 1 aromatic rings. The number of nitrogens with one attached hydrogen (secondary N) is 1. The molecule has 1 aromatic heterocycles. The van der Waals surface area contributed by atoms with Crippen LogP contribution in [0.25, 0.3) is 0 Å². The summed E-state index contributed by atoms with van der Waals surface area (Å²) in [6.07, 6.45) is 3.05. The maximum atomic E-state index is 11.7. The van der Waals surface area contributed by atoms with Gasteiger partial charge in [-0.2, -0.15) is 0 Å². The zero-order valence-corrected chi connectivity index (χ0v) is 10.1. The lowest BCUT2D eigenvalue weighted by Crippen LogP contribution is -2.53. The maximum absolute atomic E-state index is 11.7. The zero-order valence-electron chi connectivity index (χ0n) is 9.39. The summed E-state index contributed by atoms with van der Waals surface area (Å²) in [6, 6.07) is -0.387. The van der Waals surface area contributed by atoms with E-state index in [2.05, 4.69) is 15.3 Å². The fraction of sp³-hybridized carbons (Fsp3) is 0.500. The zero-order chi connectivity index (χ0) is 12.3. The minimum atomic E-state index is -0.387. The van der Waals surface area contributed by atoms with Gasteiger partial charge in [0.05, 0.1) is 25.6 Å². The average Bonchev–Trinajstić information content (AvgIpc) is 2.38. The number of ether oxygens (including phenoxy) is 1. The third-order valence-electron chi connectivity index (χ3n) is 2.56. The second-order valence-corrected chi connectivity index (χ2v) is 3.99. The number of hydrogen-bond donors (Lipinski definition) is 1. The van der Waals surface area contributed by atoms with Crippen molar-refractivity contribution in [1.29, 1.82) is 0 Å². The van der Waals surface area contributed by atoms with Gasteiger partial charge in [-0.3, -0.25) is 9.78 Å². The molecule has 7 heteroatoms. The fourth-order valence-corrected chi connectivity index (χ4v) is 1.88. The fourth-order valence-electron chi connectivity index (χ4n) is 1.73. The smallest absolute Gasteiger partial charge is 0.244 e. The molecule has 0 aromatic carbocycles. The van der Waals surface area contributed by atoms with Crippen molar-refractivity contribution in [2.75, 3.05) is 31.7 Å². The Morgan fingerprint density at radius 1 is 1.65 bits per heavy atom. The van der Waals surface area contributed by atoms with Gasteiger partial charge in [0, 0.05) is 13.6 Å². The summed E-state index contributed by atoms with van der Waals surface area (Å²) < 4.78 is 5.30. The third-order valence-corrected chi connectivity index (χ3v) is 2.75. The molecule has 17 heavy (non-hydrogen) atoms. The van der Waals surface area contributed by atoms with Gasteiger partial charge in [-0.05, 0) is 0 Å². The van der Waals surface area contributed by atoms with E-state index < -0.39 is 0 Å². The van der Waals surface area contributed by atoms with E-state index in [0.29, 0.717) is 30.7 Å². The quantitative estimate of drug-likeness (QED) is 0.812. The molecule has 1 aliphatic heterocycles. The molecule has 0 aliphatic carbocycles. The van der Waals surface area contributed by atoms with Crippen molar-refractivity contribution in [1.82, 2.24) is 15.3 Å². The number of carbonyl (C=O) groups excluding carboxylic acids is 1. The standard InChI is InChI=1S/C10H13ClN4O2/c1-12-10(16)7-6-17-3-2-15(7)9-5-13-4-8(11)14-9/h4-5,7H,2-3,6H2,1H3,(H,12,16). The SMILES string of the molecule is CNC(=O)C1COCCN1c1cncc(Cl)n1. The summed E-state index contributed by atoms with van der Waals surface area (Å²) in [4.78, 5) is 21.7. The molecule has 0 spiro atoms. The van der Waals surface area contributed by atoms with Crippen molar-refractivity contribution in [3.8, 4) is 0 Å². The van der Waals surface area contributed by atoms with Crippen LogP contribution in [0.5, 0.6) is 0 Å². The lowest BCUT2D eigenvalue weighted by atomic mass is 10.2. The van der Waals surface area contributed by atoms with Gasteiger partial charge >= 0.3 is 0 Å². The maximum Gasteiger partial charge on any atom is 0.244 e. The molecule has 1 fully saturated rings. The topological polar surface area (TPSA) is 67.3 Å². The second-order valence-electron chi connectivity index (χ2n) is 3.60. The van der Waals surface area contributed by atoms with Gasteiger partial charge in [0.1, 0.15) is 17.0 Å². The Hall–Kier alpha value is -1.40. The van der Waals surface area contributed by atoms with Gasteiger partial charge < -0.3 is 15.0 Å². The van der Waals surface area contributed by atoms with E-state index >= 15 is 0 Å². The summed E-state index contributed by atoms with van der Waals surface area (Å²) in [7, 11) is 1.60. The minimum absolute atomic E-state index is 0.105. The molecule has 1 amide bonds. The molecule has 0 bridgehead atoms. The first kappa shape index (κ1) is 12.1. The number of likely N-dealkylation sites (N-methyl/N-ethyl adjacent to an activating group) is 1. The number of amides is 1. The van der Waals surface area contributed by atoms with Crippen molar-refractivity contribution >= 4 is 23.3 Å². The Morgan fingerprint density at radius 3 is 3.18 bits per heavy atom. The minimum Gasteiger partial charge on any atom is -0.377 e. The van der Waals surface area contributed by atoms with E-state index in [-0.39, 0.29) is 11.9 Å². The number of anilines is 1. The molecule has 0 radical (unpaired) electrons. The Morgan fingerprint density at radius 2 is 2.47 bits per heavy atom. The monoisotopic (exact) mass is 256 g/mol. The van der Waals surface area contributed by atoms with E-state index in [4.69, 9.17) is 16.3 Å². The molecule has 1 aliphatic rings. The van der Waals surface area contributed by atoms with Crippen LogP contribution in [0.15, 0.2) is 12.4 Å². The van der Waals surface area contributed by atoms with Gasteiger partial charge in [0.2, 0.25) is 5.91 Å². The Labute approximate surface area is 104 Å². The van der Waals surface area contributed by atoms with Gasteiger partial charge in [0.15, 0.2) is 0 Å². The number of aromatic nitrogens is 2. The first-order valence-electron chi connectivity index (χ1n) is 5.26. The Bertz CT molecular complexity index is 415. The van der Waals surface area contributed by atoms with Crippen LogP contribution in [0, 0.1) is 0 Å². The number of halogens is 1. The predicted molar refractivity (Wildman–Crippen MR) is 63.1 cm³/mol. The third kappa shape index (κ3) is 2.65. The highest BCUT2D eigenvalue weighted by Gasteiger charge is 2.29. The second kappa shape index (κ2) is 5.29. The van der Waals surface area contributed by atoms with Gasteiger partial charge in [0.25, 0.3) is 0 Å². The van der Waals surface area contributed by atoms with Crippen molar-refractivity contribution in [3.05, 3.63) is 17.5 Å². The Balaban J connectivity index is 2.24. The van der Waals surface area contributed by atoms with Crippen molar-refractivity contribution in [2.24, 2.45) is 0 Å². The summed E-state index contributed by atoms with van der Waals surface area (Å²) in [5.74, 6) is 0.487. The first-order chi connectivity index (χ1) is 8.22. The predicted octanol–water partition coefficient (Wildman–Crippen LogP) is 0.0812. The normalized spacial score (nSPS) is 20.1. The molecule has 2 heterocycles. The average molecular weight is 257 g/mol. The number of hydrogen-bond acceptors (Lipinski definition) is 5. The van der Waals surface area contributed by atoms with E-state index in [0.717, 1.165) is 0 Å². The lowest BCUT2D eigenvalue weighted by Gasteiger charge is -2.34. The lowest BCUT2D eigenvalue weighted by molar-refractivity contribution is -0.124. The van der Waals surface area contributed by atoms with Crippen molar-refractivity contribution in [3.63, 3.8) is 0 Å². The van der Waals surface area contributed by atoms with Crippen molar-refractivity contribution < 1.29 is 9.53 Å².